The third-order valence-electron chi connectivity index (χ3n) is 2.66. The van der Waals surface area contributed by atoms with Crippen molar-refractivity contribution in [3.63, 3.8) is 0 Å². The van der Waals surface area contributed by atoms with Crippen LogP contribution in [0.4, 0.5) is 0 Å². The predicted molar refractivity (Wildman–Crippen MR) is 96.1 cm³/mol. The minimum absolute atomic E-state index is 0. The molecular formula is C14H28IN5O. The van der Waals surface area contributed by atoms with Crippen molar-refractivity contribution in [3.05, 3.63) is 11.7 Å². The van der Waals surface area contributed by atoms with Crippen molar-refractivity contribution in [2.75, 3.05) is 13.1 Å². The molecule has 0 atom stereocenters. The van der Waals surface area contributed by atoms with Gasteiger partial charge in [0, 0.05) is 18.5 Å². The Hall–Kier alpha value is -0.860. The van der Waals surface area contributed by atoms with Gasteiger partial charge in [-0.05, 0) is 13.3 Å². The van der Waals surface area contributed by atoms with Crippen molar-refractivity contribution in [1.82, 2.24) is 20.8 Å². The number of unbranched alkanes of at least 4 members (excludes halogenated alkanes) is 1. The highest BCUT2D eigenvalue weighted by Gasteiger charge is 2.21. The van der Waals surface area contributed by atoms with E-state index in [0.29, 0.717) is 18.3 Å². The monoisotopic (exact) mass is 409 g/mol. The van der Waals surface area contributed by atoms with Gasteiger partial charge >= 0.3 is 0 Å². The molecule has 0 fully saturated rings. The van der Waals surface area contributed by atoms with E-state index in [9.17, 15) is 0 Å². The molecule has 6 nitrogen and oxygen atoms in total. The summed E-state index contributed by atoms with van der Waals surface area (Å²) in [5, 5.41) is 10.4. The van der Waals surface area contributed by atoms with Gasteiger partial charge in [0.2, 0.25) is 5.89 Å². The van der Waals surface area contributed by atoms with Crippen molar-refractivity contribution in [2.45, 2.75) is 59.4 Å². The Bertz CT molecular complexity index is 425. The molecule has 0 spiro atoms. The van der Waals surface area contributed by atoms with E-state index in [4.69, 9.17) is 4.52 Å². The summed E-state index contributed by atoms with van der Waals surface area (Å²) < 4.78 is 5.25. The summed E-state index contributed by atoms with van der Waals surface area (Å²) in [6.07, 6.45) is 2.28. The molecule has 122 valence electrons. The average Bonchev–Trinajstić information content (AvgIpc) is 2.85. The van der Waals surface area contributed by atoms with E-state index in [0.717, 1.165) is 31.9 Å². The molecule has 1 aromatic rings. The third-order valence-corrected chi connectivity index (χ3v) is 2.66. The minimum Gasteiger partial charge on any atom is -0.357 e. The number of nitrogens with zero attached hydrogens (tertiary/aromatic N) is 3. The summed E-state index contributed by atoms with van der Waals surface area (Å²) in [6.45, 7) is 12.5. The van der Waals surface area contributed by atoms with Crippen LogP contribution in [0.15, 0.2) is 9.52 Å². The molecule has 0 saturated heterocycles. The third kappa shape index (κ3) is 7.63. The molecular weight excluding hydrogens is 381 g/mol. The number of hydrogen-bond acceptors (Lipinski definition) is 4. The average molecular weight is 409 g/mol. The highest BCUT2D eigenvalue weighted by atomic mass is 127. The van der Waals surface area contributed by atoms with E-state index in [-0.39, 0.29) is 29.4 Å². The first-order chi connectivity index (χ1) is 9.47. The number of aliphatic imine (C=N–C) groups is 1. The second-order valence-electron chi connectivity index (χ2n) is 5.74. The number of halogens is 1. The summed E-state index contributed by atoms with van der Waals surface area (Å²) in [4.78, 5) is 8.83. The summed E-state index contributed by atoms with van der Waals surface area (Å²) in [7, 11) is 0. The number of hydrogen-bond donors (Lipinski definition) is 2. The molecule has 1 rings (SSSR count). The maximum absolute atomic E-state index is 5.25. The summed E-state index contributed by atoms with van der Waals surface area (Å²) >= 11 is 0. The Morgan fingerprint density at radius 1 is 1.24 bits per heavy atom. The van der Waals surface area contributed by atoms with Crippen LogP contribution in [0.2, 0.25) is 0 Å². The van der Waals surface area contributed by atoms with Crippen molar-refractivity contribution >= 4 is 29.9 Å². The van der Waals surface area contributed by atoms with Gasteiger partial charge in [-0.25, -0.2) is 4.99 Å². The van der Waals surface area contributed by atoms with Gasteiger partial charge < -0.3 is 15.2 Å². The lowest BCUT2D eigenvalue weighted by Gasteiger charge is -2.10. The normalized spacial score (nSPS) is 12.0. The molecule has 0 bridgehead atoms. The Balaban J connectivity index is 0.00000400. The SMILES string of the molecule is CCCCNC(=NCc1noc(C(C)(C)C)n1)NCC.I. The fourth-order valence-corrected chi connectivity index (χ4v) is 1.50. The van der Waals surface area contributed by atoms with E-state index in [2.05, 4.69) is 32.7 Å². The van der Waals surface area contributed by atoms with Crippen molar-refractivity contribution in [1.29, 1.82) is 0 Å². The standard InChI is InChI=1S/C14H27N5O.HI/c1-6-8-9-16-13(15-7-2)17-10-11-18-12(20-19-11)14(3,4)5;/h6-10H2,1-5H3,(H2,15,16,17);1H. The summed E-state index contributed by atoms with van der Waals surface area (Å²) in [6, 6.07) is 0. The van der Waals surface area contributed by atoms with Crippen LogP contribution in [-0.4, -0.2) is 29.2 Å². The largest absolute Gasteiger partial charge is 0.357 e. The van der Waals surface area contributed by atoms with Gasteiger partial charge in [0.1, 0.15) is 6.54 Å². The maximum atomic E-state index is 5.25. The first-order valence-electron chi connectivity index (χ1n) is 7.32. The first kappa shape index (κ1) is 20.1. The zero-order valence-corrected chi connectivity index (χ0v) is 16.0. The maximum Gasteiger partial charge on any atom is 0.232 e. The molecule has 0 aliphatic heterocycles. The van der Waals surface area contributed by atoms with Gasteiger partial charge in [0.25, 0.3) is 0 Å². The van der Waals surface area contributed by atoms with Crippen LogP contribution in [0, 0.1) is 0 Å². The van der Waals surface area contributed by atoms with Gasteiger partial charge in [0.15, 0.2) is 11.8 Å². The van der Waals surface area contributed by atoms with Crippen LogP contribution in [-0.2, 0) is 12.0 Å². The van der Waals surface area contributed by atoms with Gasteiger partial charge in [-0.15, -0.1) is 24.0 Å². The van der Waals surface area contributed by atoms with E-state index in [1.807, 2.05) is 27.7 Å². The minimum atomic E-state index is -0.126. The number of guanidine groups is 1. The zero-order valence-electron chi connectivity index (χ0n) is 13.7. The van der Waals surface area contributed by atoms with E-state index >= 15 is 0 Å². The van der Waals surface area contributed by atoms with Gasteiger partial charge in [-0.1, -0.05) is 39.3 Å². The lowest BCUT2D eigenvalue weighted by Crippen LogP contribution is -2.37. The molecule has 21 heavy (non-hydrogen) atoms. The fraction of sp³-hybridized carbons (Fsp3) is 0.786. The molecule has 1 heterocycles. The first-order valence-corrected chi connectivity index (χ1v) is 7.32. The number of rotatable bonds is 6. The molecule has 0 amide bonds. The Kier molecular flexibility index (Phi) is 9.56. The molecule has 2 N–H and O–H groups in total. The smallest absolute Gasteiger partial charge is 0.232 e. The second-order valence-corrected chi connectivity index (χ2v) is 5.74. The van der Waals surface area contributed by atoms with E-state index in [1.165, 1.54) is 0 Å². The zero-order chi connectivity index (χ0) is 15.0. The highest BCUT2D eigenvalue weighted by Crippen LogP contribution is 2.19. The topological polar surface area (TPSA) is 75.3 Å². The van der Waals surface area contributed by atoms with Crippen LogP contribution in [0.5, 0.6) is 0 Å². The van der Waals surface area contributed by atoms with Crippen LogP contribution in [0.3, 0.4) is 0 Å². The van der Waals surface area contributed by atoms with Crippen molar-refractivity contribution in [2.24, 2.45) is 4.99 Å². The van der Waals surface area contributed by atoms with Gasteiger partial charge in [-0.3, -0.25) is 0 Å². The Morgan fingerprint density at radius 2 is 1.95 bits per heavy atom. The molecule has 0 aliphatic carbocycles. The van der Waals surface area contributed by atoms with E-state index in [1.54, 1.807) is 0 Å². The van der Waals surface area contributed by atoms with Gasteiger partial charge in [-0.2, -0.15) is 4.98 Å². The number of nitrogens with one attached hydrogen (secondary N) is 2. The van der Waals surface area contributed by atoms with Crippen molar-refractivity contribution < 1.29 is 4.52 Å². The molecule has 1 aromatic heterocycles. The highest BCUT2D eigenvalue weighted by molar-refractivity contribution is 14.0. The molecule has 0 aromatic carbocycles. The lowest BCUT2D eigenvalue weighted by atomic mass is 9.97. The lowest BCUT2D eigenvalue weighted by molar-refractivity contribution is 0.318. The Morgan fingerprint density at radius 3 is 2.48 bits per heavy atom. The molecule has 7 heteroatoms. The van der Waals surface area contributed by atoms with Crippen LogP contribution in [0.1, 0.15) is 59.2 Å². The van der Waals surface area contributed by atoms with E-state index < -0.39 is 0 Å². The second kappa shape index (κ2) is 9.97. The Labute approximate surface area is 144 Å². The van der Waals surface area contributed by atoms with Crippen molar-refractivity contribution in [3.8, 4) is 0 Å². The molecule has 0 aliphatic rings. The van der Waals surface area contributed by atoms with Crippen LogP contribution in [0.25, 0.3) is 0 Å². The van der Waals surface area contributed by atoms with Gasteiger partial charge in [0.05, 0.1) is 0 Å². The summed E-state index contributed by atoms with van der Waals surface area (Å²) in [5.41, 5.74) is -0.126. The number of aromatic nitrogens is 2. The summed E-state index contributed by atoms with van der Waals surface area (Å²) in [5.74, 6) is 2.05. The molecule has 0 saturated carbocycles. The molecule has 0 radical (unpaired) electrons. The predicted octanol–water partition coefficient (Wildman–Crippen LogP) is 2.84. The van der Waals surface area contributed by atoms with Crippen LogP contribution >= 0.6 is 24.0 Å². The van der Waals surface area contributed by atoms with Crippen LogP contribution < -0.4 is 10.6 Å². The fourth-order valence-electron chi connectivity index (χ4n) is 1.50. The quantitative estimate of drug-likeness (QED) is 0.327. The molecule has 0 unspecified atom stereocenters.